The first-order valence-electron chi connectivity index (χ1n) is 8.74. The molecule has 4 heteroatoms. The van der Waals surface area contributed by atoms with Crippen molar-refractivity contribution in [1.29, 1.82) is 0 Å². The third kappa shape index (κ3) is 2.61. The Balaban J connectivity index is 1.79. The molecule has 0 radical (unpaired) electrons. The van der Waals surface area contributed by atoms with E-state index in [9.17, 15) is 0 Å². The normalized spacial score (nSPS) is 27.3. The van der Waals surface area contributed by atoms with E-state index < -0.39 is 0 Å². The fourth-order valence-electron chi connectivity index (χ4n) is 4.84. The Hall–Kier alpha value is -0.640. The average molecular weight is 349 g/mol. The van der Waals surface area contributed by atoms with Crippen LogP contribution >= 0.6 is 23.4 Å². The number of aromatic amines is 1. The van der Waals surface area contributed by atoms with E-state index in [1.54, 1.807) is 0 Å². The molecule has 0 bridgehead atoms. The van der Waals surface area contributed by atoms with Crippen LogP contribution in [0, 0.1) is 5.92 Å². The van der Waals surface area contributed by atoms with Gasteiger partial charge >= 0.3 is 0 Å². The van der Waals surface area contributed by atoms with Gasteiger partial charge in [0.15, 0.2) is 0 Å². The van der Waals surface area contributed by atoms with Gasteiger partial charge in [0, 0.05) is 29.4 Å². The highest BCUT2D eigenvalue weighted by atomic mass is 35.5. The first-order valence-corrected chi connectivity index (χ1v) is 10.5. The number of thioether (sulfide) groups is 1. The average Bonchev–Trinajstić information content (AvgIpc) is 2.86. The number of halogens is 1. The number of piperidine rings is 1. The molecular weight excluding hydrogens is 324 g/mol. The summed E-state index contributed by atoms with van der Waals surface area (Å²) in [6.07, 6.45) is 5.90. The molecule has 1 fully saturated rings. The summed E-state index contributed by atoms with van der Waals surface area (Å²) in [6, 6.07) is 7.33. The van der Waals surface area contributed by atoms with Gasteiger partial charge in [0.05, 0.1) is 0 Å². The summed E-state index contributed by atoms with van der Waals surface area (Å²) < 4.78 is 0. The van der Waals surface area contributed by atoms with Crippen LogP contribution in [0.15, 0.2) is 18.2 Å². The maximum atomic E-state index is 6.53. The molecule has 23 heavy (non-hydrogen) atoms. The summed E-state index contributed by atoms with van der Waals surface area (Å²) in [5, 5.41) is 2.27. The molecule has 0 saturated carbocycles. The predicted molar refractivity (Wildman–Crippen MR) is 102 cm³/mol. The van der Waals surface area contributed by atoms with Crippen molar-refractivity contribution in [3.8, 4) is 0 Å². The quantitative estimate of drug-likeness (QED) is 0.845. The Morgan fingerprint density at radius 2 is 2.26 bits per heavy atom. The molecule has 0 spiro atoms. The lowest BCUT2D eigenvalue weighted by Crippen LogP contribution is -2.50. The van der Waals surface area contributed by atoms with Crippen LogP contribution in [0.1, 0.15) is 36.8 Å². The molecule has 2 aromatic rings. The molecule has 1 aliphatic heterocycles. The highest BCUT2D eigenvalue weighted by Crippen LogP contribution is 2.46. The van der Waals surface area contributed by atoms with Crippen LogP contribution in [0.5, 0.6) is 0 Å². The molecule has 0 amide bonds. The molecule has 4 rings (SSSR count). The zero-order valence-electron chi connectivity index (χ0n) is 13.9. The number of aromatic nitrogens is 1. The predicted octanol–water partition coefficient (Wildman–Crippen LogP) is 4.92. The van der Waals surface area contributed by atoms with Gasteiger partial charge in [-0.25, -0.2) is 0 Å². The Kier molecular flexibility index (Phi) is 4.38. The van der Waals surface area contributed by atoms with Crippen LogP contribution in [0.3, 0.4) is 0 Å². The molecule has 2 nitrogen and oxygen atoms in total. The van der Waals surface area contributed by atoms with Gasteiger partial charge in [-0.05, 0) is 60.9 Å². The van der Waals surface area contributed by atoms with Crippen LogP contribution in [0.4, 0.5) is 0 Å². The second-order valence-electron chi connectivity index (χ2n) is 7.12. The van der Waals surface area contributed by atoms with Gasteiger partial charge in [0.2, 0.25) is 0 Å². The maximum Gasteiger partial charge on any atom is 0.110 e. The van der Waals surface area contributed by atoms with Crippen molar-refractivity contribution >= 4 is 34.3 Å². The largest absolute Gasteiger partial charge is 0.345 e. The lowest BCUT2D eigenvalue weighted by atomic mass is 9.72. The van der Waals surface area contributed by atoms with E-state index in [1.807, 2.05) is 11.8 Å². The van der Waals surface area contributed by atoms with Gasteiger partial charge < -0.3 is 4.98 Å². The molecule has 1 unspecified atom stereocenters. The van der Waals surface area contributed by atoms with Crippen molar-refractivity contribution in [2.24, 2.45) is 5.92 Å². The van der Waals surface area contributed by atoms with Crippen molar-refractivity contribution < 1.29 is 0 Å². The van der Waals surface area contributed by atoms with Gasteiger partial charge in [-0.1, -0.05) is 30.7 Å². The molecule has 1 aromatic carbocycles. The van der Waals surface area contributed by atoms with Gasteiger partial charge in [-0.3, -0.25) is 4.90 Å². The Morgan fingerprint density at radius 3 is 3.04 bits per heavy atom. The second-order valence-corrected chi connectivity index (χ2v) is 8.41. The summed E-state index contributed by atoms with van der Waals surface area (Å²) in [5.74, 6) is 2.75. The summed E-state index contributed by atoms with van der Waals surface area (Å²) in [4.78, 5) is 6.14. The van der Waals surface area contributed by atoms with Gasteiger partial charge in [-0.2, -0.15) is 11.8 Å². The summed E-state index contributed by atoms with van der Waals surface area (Å²) >= 11 is 8.53. The summed E-state index contributed by atoms with van der Waals surface area (Å²) in [6.45, 7) is 4.76. The SMILES string of the molecule is CCCN1C[C@H](CSC)CC2c3cccc4[nH]c(Cl)c(c34)C[C@H]21. The van der Waals surface area contributed by atoms with E-state index in [4.69, 9.17) is 11.6 Å². The van der Waals surface area contributed by atoms with E-state index in [1.165, 1.54) is 53.7 Å². The van der Waals surface area contributed by atoms with Gasteiger partial charge in [0.1, 0.15) is 5.15 Å². The van der Waals surface area contributed by atoms with Crippen LogP contribution < -0.4 is 0 Å². The first kappa shape index (κ1) is 15.9. The smallest absolute Gasteiger partial charge is 0.110 e. The lowest BCUT2D eigenvalue weighted by Gasteiger charge is -2.47. The molecule has 1 aliphatic carbocycles. The number of nitrogens with zero attached hydrogens (tertiary/aromatic N) is 1. The topological polar surface area (TPSA) is 19.0 Å². The minimum absolute atomic E-state index is 0.624. The third-order valence-corrected chi connectivity index (χ3v) is 6.77. The molecule has 1 saturated heterocycles. The number of fused-ring (bicyclic) bond motifs is 2. The number of rotatable bonds is 4. The number of H-pyrrole nitrogens is 1. The van der Waals surface area contributed by atoms with Crippen LogP contribution in [0.2, 0.25) is 5.15 Å². The maximum absolute atomic E-state index is 6.53. The molecule has 1 aromatic heterocycles. The van der Waals surface area contributed by atoms with Gasteiger partial charge in [0.25, 0.3) is 0 Å². The number of likely N-dealkylation sites (tertiary alicyclic amines) is 1. The highest BCUT2D eigenvalue weighted by Gasteiger charge is 2.40. The fraction of sp³-hybridized carbons (Fsp3) is 0.579. The number of hydrogen-bond acceptors (Lipinski definition) is 2. The van der Waals surface area contributed by atoms with E-state index >= 15 is 0 Å². The van der Waals surface area contributed by atoms with E-state index in [0.717, 1.165) is 17.5 Å². The van der Waals surface area contributed by atoms with E-state index in [2.05, 4.69) is 41.3 Å². The standard InChI is InChI=1S/C19H25ClN2S/c1-3-7-22-10-12(11-23-2)8-14-13-5-4-6-16-18(13)15(9-17(14)22)19(20)21-16/h4-6,12,14,17,21H,3,7-11H2,1-2H3/t12-,14?,17-/m1/s1. The van der Waals surface area contributed by atoms with Crippen molar-refractivity contribution in [2.75, 3.05) is 25.1 Å². The van der Waals surface area contributed by atoms with E-state index in [0.29, 0.717) is 12.0 Å². The molecule has 2 heterocycles. The first-order chi connectivity index (χ1) is 11.2. The summed E-state index contributed by atoms with van der Waals surface area (Å²) in [5.41, 5.74) is 4.10. The van der Waals surface area contributed by atoms with Crippen LogP contribution in [0.25, 0.3) is 10.9 Å². The Bertz CT molecular complexity index is 711. The van der Waals surface area contributed by atoms with Crippen molar-refractivity contribution in [3.63, 3.8) is 0 Å². The van der Waals surface area contributed by atoms with Gasteiger partial charge in [-0.15, -0.1) is 0 Å². The highest BCUT2D eigenvalue weighted by molar-refractivity contribution is 7.98. The van der Waals surface area contributed by atoms with Crippen molar-refractivity contribution in [3.05, 3.63) is 34.5 Å². The van der Waals surface area contributed by atoms with Crippen molar-refractivity contribution in [2.45, 2.75) is 38.1 Å². The van der Waals surface area contributed by atoms with E-state index in [-0.39, 0.29) is 0 Å². The zero-order chi connectivity index (χ0) is 16.0. The second kappa shape index (κ2) is 6.34. The van der Waals surface area contributed by atoms with Crippen LogP contribution in [-0.2, 0) is 6.42 Å². The lowest BCUT2D eigenvalue weighted by molar-refractivity contribution is 0.0927. The minimum Gasteiger partial charge on any atom is -0.345 e. The molecule has 124 valence electrons. The number of benzene rings is 1. The Morgan fingerprint density at radius 1 is 1.39 bits per heavy atom. The van der Waals surface area contributed by atoms with Crippen LogP contribution in [-0.4, -0.2) is 41.0 Å². The fourth-order valence-corrected chi connectivity index (χ4v) is 5.83. The van der Waals surface area contributed by atoms with Crippen molar-refractivity contribution in [1.82, 2.24) is 9.88 Å². The number of hydrogen-bond donors (Lipinski definition) is 1. The zero-order valence-corrected chi connectivity index (χ0v) is 15.5. The summed E-state index contributed by atoms with van der Waals surface area (Å²) in [7, 11) is 0. The molecule has 2 aliphatic rings. The molecule has 3 atom stereocenters. The monoisotopic (exact) mass is 348 g/mol. The number of nitrogens with one attached hydrogen (secondary N) is 1. The Labute approximate surface area is 148 Å². The minimum atomic E-state index is 0.624. The third-order valence-electron chi connectivity index (χ3n) is 5.65. The molecular formula is C19H25ClN2S. The molecule has 1 N–H and O–H groups in total.